The molecule has 2 N–H and O–H groups in total. The highest BCUT2D eigenvalue weighted by Crippen LogP contribution is 2.13. The molecule has 0 bridgehead atoms. The maximum atomic E-state index is 11.9. The minimum absolute atomic E-state index is 0.238. The van der Waals surface area contributed by atoms with Crippen LogP contribution in [0.3, 0.4) is 0 Å². The first kappa shape index (κ1) is 17.9. The lowest BCUT2D eigenvalue weighted by atomic mass is 10.2. The molecule has 1 saturated heterocycles. The summed E-state index contributed by atoms with van der Waals surface area (Å²) >= 11 is 1.78. The summed E-state index contributed by atoms with van der Waals surface area (Å²) in [7, 11) is 0. The molecule has 0 atom stereocenters. The smallest absolute Gasteiger partial charge is 0.321 e. The van der Waals surface area contributed by atoms with Crippen molar-refractivity contribution in [3.63, 3.8) is 0 Å². The van der Waals surface area contributed by atoms with Gasteiger partial charge in [0.2, 0.25) is 5.91 Å². The van der Waals surface area contributed by atoms with E-state index in [0.717, 1.165) is 32.7 Å². The maximum absolute atomic E-state index is 11.9. The zero-order chi connectivity index (χ0) is 16.7. The minimum atomic E-state index is -0.403. The van der Waals surface area contributed by atoms with E-state index in [-0.39, 0.29) is 12.5 Å². The van der Waals surface area contributed by atoms with Gasteiger partial charge in [-0.25, -0.2) is 4.79 Å². The third-order valence-corrected chi connectivity index (χ3v) is 4.58. The van der Waals surface area contributed by atoms with Gasteiger partial charge in [0.1, 0.15) is 0 Å². The van der Waals surface area contributed by atoms with Gasteiger partial charge in [-0.2, -0.15) is 0 Å². The van der Waals surface area contributed by atoms with Crippen molar-refractivity contribution in [1.82, 2.24) is 20.4 Å². The normalized spacial score (nSPS) is 16.5. The van der Waals surface area contributed by atoms with Crippen LogP contribution < -0.4 is 10.6 Å². The van der Waals surface area contributed by atoms with Gasteiger partial charge in [-0.3, -0.25) is 19.9 Å². The summed E-state index contributed by atoms with van der Waals surface area (Å²) in [6, 6.07) is 3.82. The molecule has 6 nitrogen and oxygen atoms in total. The van der Waals surface area contributed by atoms with E-state index in [0.29, 0.717) is 12.5 Å². The molecule has 23 heavy (non-hydrogen) atoms. The highest BCUT2D eigenvalue weighted by Gasteiger charge is 2.20. The van der Waals surface area contributed by atoms with Crippen LogP contribution in [0.15, 0.2) is 17.5 Å². The van der Waals surface area contributed by atoms with Crippen LogP contribution in [-0.4, -0.2) is 61.0 Å². The van der Waals surface area contributed by atoms with Crippen molar-refractivity contribution in [2.75, 3.05) is 39.3 Å². The number of hydrogen-bond acceptors (Lipinski definition) is 5. The second-order valence-corrected chi connectivity index (χ2v) is 7.32. The SMILES string of the molecule is CC(C)CNC(=O)NC(=O)CN1CCN(Cc2cccs2)CC1. The number of piperazine rings is 1. The lowest BCUT2D eigenvalue weighted by molar-refractivity contribution is -0.121. The van der Waals surface area contributed by atoms with Gasteiger partial charge in [0.25, 0.3) is 0 Å². The highest BCUT2D eigenvalue weighted by molar-refractivity contribution is 7.09. The molecule has 0 unspecified atom stereocenters. The summed E-state index contributed by atoms with van der Waals surface area (Å²) < 4.78 is 0. The van der Waals surface area contributed by atoms with E-state index < -0.39 is 6.03 Å². The predicted molar refractivity (Wildman–Crippen MR) is 92.4 cm³/mol. The van der Waals surface area contributed by atoms with Gasteiger partial charge < -0.3 is 5.32 Å². The third-order valence-electron chi connectivity index (χ3n) is 3.72. The highest BCUT2D eigenvalue weighted by atomic mass is 32.1. The van der Waals surface area contributed by atoms with Crippen LogP contribution in [-0.2, 0) is 11.3 Å². The van der Waals surface area contributed by atoms with E-state index in [1.165, 1.54) is 4.88 Å². The summed E-state index contributed by atoms with van der Waals surface area (Å²) in [4.78, 5) is 29.3. The van der Waals surface area contributed by atoms with Crippen molar-refractivity contribution in [3.05, 3.63) is 22.4 Å². The lowest BCUT2D eigenvalue weighted by Gasteiger charge is -2.33. The van der Waals surface area contributed by atoms with E-state index >= 15 is 0 Å². The topological polar surface area (TPSA) is 64.7 Å². The molecule has 128 valence electrons. The fourth-order valence-corrected chi connectivity index (χ4v) is 3.18. The third kappa shape index (κ3) is 6.68. The average molecular weight is 338 g/mol. The first-order chi connectivity index (χ1) is 11.0. The summed E-state index contributed by atoms with van der Waals surface area (Å²) in [5.74, 6) is 0.130. The van der Waals surface area contributed by atoms with Crippen LogP contribution in [0.2, 0.25) is 0 Å². The number of amides is 3. The van der Waals surface area contributed by atoms with Crippen molar-refractivity contribution >= 4 is 23.3 Å². The van der Waals surface area contributed by atoms with Gasteiger partial charge in [-0.1, -0.05) is 19.9 Å². The van der Waals surface area contributed by atoms with Gasteiger partial charge in [0, 0.05) is 44.1 Å². The predicted octanol–water partition coefficient (Wildman–Crippen LogP) is 1.35. The van der Waals surface area contributed by atoms with E-state index in [4.69, 9.17) is 0 Å². The van der Waals surface area contributed by atoms with Crippen LogP contribution in [0.25, 0.3) is 0 Å². The average Bonchev–Trinajstić information content (AvgIpc) is 3.00. The second-order valence-electron chi connectivity index (χ2n) is 6.28. The minimum Gasteiger partial charge on any atom is -0.338 e. The molecule has 1 aliphatic heterocycles. The Morgan fingerprint density at radius 3 is 2.52 bits per heavy atom. The molecule has 0 aliphatic carbocycles. The molecule has 2 rings (SSSR count). The molecule has 0 radical (unpaired) electrons. The fourth-order valence-electron chi connectivity index (χ4n) is 2.44. The number of carbonyl (C=O) groups excluding carboxylic acids is 2. The number of rotatable bonds is 6. The van der Waals surface area contributed by atoms with Crippen molar-refractivity contribution in [3.8, 4) is 0 Å². The van der Waals surface area contributed by atoms with Crippen molar-refractivity contribution in [2.24, 2.45) is 5.92 Å². The molecule has 1 aromatic heterocycles. The zero-order valence-corrected chi connectivity index (χ0v) is 14.7. The number of imide groups is 1. The van der Waals surface area contributed by atoms with Gasteiger partial charge >= 0.3 is 6.03 Å². The van der Waals surface area contributed by atoms with Crippen molar-refractivity contribution in [2.45, 2.75) is 20.4 Å². The molecule has 0 aromatic carbocycles. The number of urea groups is 1. The maximum Gasteiger partial charge on any atom is 0.321 e. The van der Waals surface area contributed by atoms with E-state index in [9.17, 15) is 9.59 Å². The Hall–Kier alpha value is -1.44. The first-order valence-electron chi connectivity index (χ1n) is 8.07. The Bertz CT molecular complexity index is 496. The second kappa shape index (κ2) is 9.00. The van der Waals surface area contributed by atoms with Gasteiger partial charge in [0.05, 0.1) is 6.54 Å². The zero-order valence-electron chi connectivity index (χ0n) is 13.9. The molecule has 3 amide bonds. The Kier molecular flexibility index (Phi) is 7.01. The standard InChI is InChI=1S/C16H26N4O2S/c1-13(2)10-17-16(22)18-15(21)12-20-7-5-19(6-8-20)11-14-4-3-9-23-14/h3-4,9,13H,5-8,10-12H2,1-2H3,(H2,17,18,21,22). The van der Waals surface area contributed by atoms with Crippen LogP contribution in [0, 0.1) is 5.92 Å². The summed E-state index contributed by atoms with van der Waals surface area (Å²) in [5, 5.41) is 7.17. The van der Waals surface area contributed by atoms with E-state index in [1.807, 2.05) is 13.8 Å². The molecular formula is C16H26N4O2S. The number of carbonyl (C=O) groups is 2. The van der Waals surface area contributed by atoms with Crippen LogP contribution in [0.4, 0.5) is 4.79 Å². The molecule has 1 aromatic rings. The number of thiophene rings is 1. The lowest BCUT2D eigenvalue weighted by Crippen LogP contribution is -2.50. The van der Waals surface area contributed by atoms with Crippen LogP contribution >= 0.6 is 11.3 Å². The Labute approximate surface area is 141 Å². The largest absolute Gasteiger partial charge is 0.338 e. The summed E-state index contributed by atoms with van der Waals surface area (Å²) in [6.07, 6.45) is 0. The van der Waals surface area contributed by atoms with Crippen molar-refractivity contribution < 1.29 is 9.59 Å². The summed E-state index contributed by atoms with van der Waals surface area (Å²) in [6.45, 7) is 9.46. The molecule has 7 heteroatoms. The molecule has 1 fully saturated rings. The van der Waals surface area contributed by atoms with Gasteiger partial charge in [-0.05, 0) is 17.4 Å². The molecule has 0 spiro atoms. The van der Waals surface area contributed by atoms with E-state index in [2.05, 4.69) is 37.9 Å². The van der Waals surface area contributed by atoms with Gasteiger partial charge in [-0.15, -0.1) is 11.3 Å². The van der Waals surface area contributed by atoms with E-state index in [1.54, 1.807) is 11.3 Å². The van der Waals surface area contributed by atoms with Crippen LogP contribution in [0.5, 0.6) is 0 Å². The molecule has 0 saturated carbocycles. The quantitative estimate of drug-likeness (QED) is 0.822. The molecular weight excluding hydrogens is 312 g/mol. The molecule has 1 aliphatic rings. The Balaban J connectivity index is 1.63. The first-order valence-corrected chi connectivity index (χ1v) is 8.95. The number of hydrogen-bond donors (Lipinski definition) is 2. The monoisotopic (exact) mass is 338 g/mol. The summed E-state index contributed by atoms with van der Waals surface area (Å²) in [5.41, 5.74) is 0. The number of nitrogens with zero attached hydrogens (tertiary/aromatic N) is 2. The van der Waals surface area contributed by atoms with Crippen LogP contribution in [0.1, 0.15) is 18.7 Å². The van der Waals surface area contributed by atoms with Gasteiger partial charge in [0.15, 0.2) is 0 Å². The molecule has 2 heterocycles. The number of nitrogens with one attached hydrogen (secondary N) is 2. The van der Waals surface area contributed by atoms with Crippen molar-refractivity contribution in [1.29, 1.82) is 0 Å². The Morgan fingerprint density at radius 2 is 1.91 bits per heavy atom. The Morgan fingerprint density at radius 1 is 1.22 bits per heavy atom. The fraction of sp³-hybridized carbons (Fsp3) is 0.625.